The van der Waals surface area contributed by atoms with Gasteiger partial charge in [-0.15, -0.1) is 0 Å². The molecule has 8 heteroatoms. The number of hydrogen-bond donors (Lipinski definition) is 5. The van der Waals surface area contributed by atoms with E-state index in [1.165, 1.54) is 18.5 Å². The second kappa shape index (κ2) is 3.95. The van der Waals surface area contributed by atoms with Crippen LogP contribution < -0.4 is 0 Å². The average Bonchev–Trinajstić information content (AvgIpc) is 2.44. The summed E-state index contributed by atoms with van der Waals surface area (Å²) in [7, 11) is 1.04. The minimum Gasteiger partial charge on any atom is -0.366 e. The molecule has 1 unspecified atom stereocenters. The van der Waals surface area contributed by atoms with Crippen molar-refractivity contribution in [2.75, 3.05) is 7.05 Å². The molecule has 1 saturated heterocycles. The van der Waals surface area contributed by atoms with Gasteiger partial charge in [0.1, 0.15) is 0 Å². The van der Waals surface area contributed by atoms with E-state index in [0.29, 0.717) is 10.5 Å². The lowest BCUT2D eigenvalue weighted by molar-refractivity contribution is -0.380. The maximum absolute atomic E-state index is 11.6. The van der Waals surface area contributed by atoms with Crippen LogP contribution in [-0.4, -0.2) is 65.7 Å². The number of aliphatic hydroxyl groups is 5. The van der Waals surface area contributed by atoms with E-state index in [0.717, 1.165) is 7.05 Å². The molecule has 8 nitrogen and oxygen atoms in total. The Kier molecular flexibility index (Phi) is 2.88. The van der Waals surface area contributed by atoms with Crippen molar-refractivity contribution in [3.63, 3.8) is 0 Å². The van der Waals surface area contributed by atoms with Crippen LogP contribution in [0.2, 0.25) is 0 Å². The molecule has 1 aliphatic heterocycles. The Hall–Kier alpha value is -1.58. The van der Waals surface area contributed by atoms with Crippen molar-refractivity contribution in [2.24, 2.45) is 0 Å². The van der Waals surface area contributed by atoms with Gasteiger partial charge < -0.3 is 30.4 Å². The van der Waals surface area contributed by atoms with E-state index < -0.39 is 29.6 Å². The zero-order chi connectivity index (χ0) is 14.5. The minimum absolute atomic E-state index is 0.384. The maximum Gasteiger partial charge on any atom is 0.305 e. The Morgan fingerprint density at radius 3 is 2.32 bits per heavy atom. The molecule has 0 aliphatic carbocycles. The van der Waals surface area contributed by atoms with E-state index in [1.807, 2.05) is 0 Å². The van der Waals surface area contributed by atoms with Crippen molar-refractivity contribution in [1.82, 2.24) is 9.88 Å². The fraction of sp³-hybridized carbons (Fsp3) is 0.455. The van der Waals surface area contributed by atoms with E-state index in [2.05, 4.69) is 4.98 Å². The van der Waals surface area contributed by atoms with Crippen molar-refractivity contribution in [3.8, 4) is 0 Å². The maximum atomic E-state index is 11.6. The highest BCUT2D eigenvalue weighted by atomic mass is 16.6. The Labute approximate surface area is 108 Å². The predicted octanol–water partition coefficient (Wildman–Crippen LogP) is -2.85. The van der Waals surface area contributed by atoms with E-state index >= 15 is 0 Å². The molecule has 1 amide bonds. The van der Waals surface area contributed by atoms with Gasteiger partial charge in [-0.3, -0.25) is 9.78 Å². The summed E-state index contributed by atoms with van der Waals surface area (Å²) >= 11 is 0. The molecule has 19 heavy (non-hydrogen) atoms. The van der Waals surface area contributed by atoms with Crippen LogP contribution in [0.1, 0.15) is 5.56 Å². The van der Waals surface area contributed by atoms with Crippen LogP contribution >= 0.6 is 0 Å². The van der Waals surface area contributed by atoms with Crippen LogP contribution in [0.15, 0.2) is 24.5 Å². The largest absolute Gasteiger partial charge is 0.366 e. The molecule has 1 aromatic rings. The number of likely N-dealkylation sites (tertiary alicyclic amines) is 1. The van der Waals surface area contributed by atoms with Crippen LogP contribution in [0, 0.1) is 0 Å². The second-order valence-electron chi connectivity index (χ2n) is 4.56. The first-order valence-corrected chi connectivity index (χ1v) is 5.43. The van der Waals surface area contributed by atoms with Gasteiger partial charge in [-0.05, 0) is 11.6 Å². The molecule has 0 radical (unpaired) electrons. The Balaban J connectivity index is 2.45. The first-order chi connectivity index (χ1) is 8.64. The van der Waals surface area contributed by atoms with Gasteiger partial charge in [0.2, 0.25) is 5.72 Å². The molecule has 5 N–H and O–H groups in total. The van der Waals surface area contributed by atoms with Crippen molar-refractivity contribution in [2.45, 2.75) is 23.7 Å². The number of likely N-dealkylation sites (N-methyl/N-ethyl adjacent to an activating group) is 1. The molecular weight excluding hydrogens is 256 g/mol. The molecule has 104 valence electrons. The Morgan fingerprint density at radius 1 is 1.26 bits per heavy atom. The normalized spacial score (nSPS) is 28.7. The summed E-state index contributed by atoms with van der Waals surface area (Å²) in [5.74, 6) is -8.34. The van der Waals surface area contributed by atoms with E-state index in [-0.39, 0.29) is 0 Å². The lowest BCUT2D eigenvalue weighted by Gasteiger charge is -2.38. The minimum atomic E-state index is -3.49. The van der Waals surface area contributed by atoms with Gasteiger partial charge in [0, 0.05) is 25.9 Å². The van der Waals surface area contributed by atoms with Crippen LogP contribution in [0.5, 0.6) is 0 Å². The molecule has 0 spiro atoms. The lowest BCUT2D eigenvalue weighted by atomic mass is 9.93. The molecule has 1 aliphatic rings. The fourth-order valence-corrected chi connectivity index (χ4v) is 2.09. The number of hydrogen-bond acceptors (Lipinski definition) is 7. The standard InChI is InChI=1S/C11H14N2O6/c1-13-8(14)10(16,17)11(18,19)9(13,15)5-7-3-2-4-12-6-7/h2-4,6,15-19H,5H2,1H3. The van der Waals surface area contributed by atoms with Gasteiger partial charge >= 0.3 is 5.79 Å². The summed E-state index contributed by atoms with van der Waals surface area (Å²) in [4.78, 5) is 15.8. The summed E-state index contributed by atoms with van der Waals surface area (Å²) in [5.41, 5.74) is -2.20. The summed E-state index contributed by atoms with van der Waals surface area (Å²) < 4.78 is 0. The van der Waals surface area contributed by atoms with Crippen molar-refractivity contribution in [3.05, 3.63) is 30.1 Å². The van der Waals surface area contributed by atoms with Crippen LogP contribution in [-0.2, 0) is 11.2 Å². The van der Waals surface area contributed by atoms with Crippen molar-refractivity contribution < 1.29 is 30.3 Å². The molecule has 0 bridgehead atoms. The summed E-state index contributed by atoms with van der Waals surface area (Å²) in [6, 6.07) is 3.09. The fourth-order valence-electron chi connectivity index (χ4n) is 2.09. The molecule has 0 saturated carbocycles. The monoisotopic (exact) mass is 270 g/mol. The number of carbonyl (C=O) groups excluding carboxylic acids is 1. The summed E-state index contributed by atoms with van der Waals surface area (Å²) in [6.45, 7) is 0. The number of aromatic nitrogens is 1. The smallest absolute Gasteiger partial charge is 0.305 e. The van der Waals surface area contributed by atoms with E-state index in [4.69, 9.17) is 0 Å². The molecule has 2 heterocycles. The van der Waals surface area contributed by atoms with E-state index in [9.17, 15) is 30.3 Å². The van der Waals surface area contributed by atoms with Crippen LogP contribution in [0.3, 0.4) is 0 Å². The highest BCUT2D eigenvalue weighted by molar-refractivity contribution is 5.88. The molecule has 1 atom stereocenters. The number of rotatable bonds is 2. The number of pyridine rings is 1. The number of carbonyl (C=O) groups is 1. The molecule has 0 aromatic carbocycles. The Bertz CT molecular complexity index is 503. The number of nitrogens with zero attached hydrogens (tertiary/aromatic N) is 2. The average molecular weight is 270 g/mol. The molecular formula is C11H14N2O6. The molecule has 2 rings (SSSR count). The third-order valence-corrected chi connectivity index (χ3v) is 3.38. The topological polar surface area (TPSA) is 134 Å². The van der Waals surface area contributed by atoms with Crippen LogP contribution in [0.4, 0.5) is 0 Å². The third-order valence-electron chi connectivity index (χ3n) is 3.38. The SMILES string of the molecule is CN1C(=O)C(O)(O)C(O)(O)C1(O)Cc1cccnc1. The zero-order valence-corrected chi connectivity index (χ0v) is 10.1. The van der Waals surface area contributed by atoms with Crippen molar-refractivity contribution >= 4 is 5.91 Å². The first-order valence-electron chi connectivity index (χ1n) is 5.43. The van der Waals surface area contributed by atoms with Gasteiger partial charge in [-0.25, -0.2) is 0 Å². The van der Waals surface area contributed by atoms with Gasteiger partial charge in [0.05, 0.1) is 0 Å². The van der Waals surface area contributed by atoms with Gasteiger partial charge in [0.25, 0.3) is 11.7 Å². The van der Waals surface area contributed by atoms with Crippen molar-refractivity contribution in [1.29, 1.82) is 0 Å². The zero-order valence-electron chi connectivity index (χ0n) is 10.1. The number of amides is 1. The first kappa shape index (κ1) is 13.8. The quantitative estimate of drug-likeness (QED) is 0.365. The second-order valence-corrected chi connectivity index (χ2v) is 4.56. The van der Waals surface area contributed by atoms with Gasteiger partial charge in [-0.1, -0.05) is 6.07 Å². The summed E-state index contributed by atoms with van der Waals surface area (Å²) in [5, 5.41) is 48.8. The summed E-state index contributed by atoms with van der Waals surface area (Å²) in [6.07, 6.45) is 2.39. The third kappa shape index (κ3) is 1.66. The van der Waals surface area contributed by atoms with Gasteiger partial charge in [0.15, 0.2) is 0 Å². The highest BCUT2D eigenvalue weighted by Gasteiger charge is 2.75. The molecule has 1 fully saturated rings. The Morgan fingerprint density at radius 2 is 1.89 bits per heavy atom. The molecule has 1 aromatic heterocycles. The lowest BCUT2D eigenvalue weighted by Crippen LogP contribution is -2.65. The van der Waals surface area contributed by atoms with Crippen LogP contribution in [0.25, 0.3) is 0 Å². The predicted molar refractivity (Wildman–Crippen MR) is 60.0 cm³/mol. The highest BCUT2D eigenvalue weighted by Crippen LogP contribution is 2.42. The van der Waals surface area contributed by atoms with Gasteiger partial charge in [-0.2, -0.15) is 0 Å². The van der Waals surface area contributed by atoms with E-state index in [1.54, 1.807) is 6.07 Å².